The minimum Gasteiger partial charge on any atom is -0.384 e. The molecule has 304 valence electrons. The molecule has 9 rings (SSSR count). The van der Waals surface area contributed by atoms with Gasteiger partial charge in [0.15, 0.2) is 0 Å². The summed E-state index contributed by atoms with van der Waals surface area (Å²) in [5.74, 6) is -1.24. The molecule has 3 aromatic carbocycles. The molecule has 4 amide bonds. The molecular formula is C43H49ClFN9O4. The van der Waals surface area contributed by atoms with Crippen LogP contribution < -0.4 is 25.8 Å². The van der Waals surface area contributed by atoms with Crippen LogP contribution in [0.3, 0.4) is 0 Å². The Bertz CT molecular complexity index is 2300. The highest BCUT2D eigenvalue weighted by Crippen LogP contribution is 2.41. The van der Waals surface area contributed by atoms with E-state index < -0.39 is 29.7 Å². The number of rotatable bonds is 12. The second kappa shape index (κ2) is 15.3. The predicted molar refractivity (Wildman–Crippen MR) is 221 cm³/mol. The molecule has 0 bridgehead atoms. The number of aryl methyl sites for hydroxylation is 2. The third kappa shape index (κ3) is 6.98. The van der Waals surface area contributed by atoms with Crippen LogP contribution in [-0.4, -0.2) is 114 Å². The Morgan fingerprint density at radius 2 is 1.69 bits per heavy atom. The third-order valence-corrected chi connectivity index (χ3v) is 12.8. The minimum atomic E-state index is -0.987. The molecule has 4 aromatic rings. The van der Waals surface area contributed by atoms with Crippen molar-refractivity contribution in [3.05, 3.63) is 81.1 Å². The van der Waals surface area contributed by atoms with Gasteiger partial charge >= 0.3 is 0 Å². The summed E-state index contributed by atoms with van der Waals surface area (Å²) in [5.41, 5.74) is 6.78. The molecule has 3 N–H and O–H groups in total. The minimum absolute atomic E-state index is 0.0849. The van der Waals surface area contributed by atoms with Gasteiger partial charge in [-0.05, 0) is 80.6 Å². The fourth-order valence-electron chi connectivity index (χ4n) is 9.45. The maximum atomic E-state index is 14.6. The van der Waals surface area contributed by atoms with Gasteiger partial charge in [0.1, 0.15) is 17.4 Å². The van der Waals surface area contributed by atoms with E-state index in [1.54, 1.807) is 18.2 Å². The monoisotopic (exact) mass is 809 g/mol. The summed E-state index contributed by atoms with van der Waals surface area (Å²) in [6.45, 7) is 13.4. The first-order valence-electron chi connectivity index (χ1n) is 20.5. The van der Waals surface area contributed by atoms with E-state index in [1.807, 2.05) is 38.1 Å². The normalized spacial score (nSPS) is 20.5. The molecule has 1 spiro atoms. The largest absolute Gasteiger partial charge is 0.384 e. The summed E-state index contributed by atoms with van der Waals surface area (Å²) in [6, 6.07) is 12.1. The number of halogens is 2. The van der Waals surface area contributed by atoms with Crippen molar-refractivity contribution in [3.63, 3.8) is 0 Å². The Labute approximate surface area is 341 Å². The van der Waals surface area contributed by atoms with Crippen LogP contribution in [0.2, 0.25) is 5.02 Å². The van der Waals surface area contributed by atoms with E-state index >= 15 is 0 Å². The van der Waals surface area contributed by atoms with Gasteiger partial charge in [-0.15, -0.1) is 0 Å². The molecule has 0 saturated carbocycles. The van der Waals surface area contributed by atoms with E-state index in [9.17, 15) is 23.6 Å². The molecule has 15 heteroatoms. The van der Waals surface area contributed by atoms with Gasteiger partial charge in [0.05, 0.1) is 28.9 Å². The Morgan fingerprint density at radius 3 is 2.40 bits per heavy atom. The molecule has 5 aliphatic rings. The highest BCUT2D eigenvalue weighted by molar-refractivity contribution is 6.32. The average Bonchev–Trinajstić information content (AvgIpc) is 3.64. The number of hydrogen-bond acceptors (Lipinski definition) is 10. The van der Waals surface area contributed by atoms with Gasteiger partial charge in [0.2, 0.25) is 17.8 Å². The lowest BCUT2D eigenvalue weighted by Gasteiger charge is -2.56. The number of imidazole rings is 1. The maximum absolute atomic E-state index is 14.6. The van der Waals surface area contributed by atoms with Gasteiger partial charge in [-0.25, -0.2) is 9.37 Å². The lowest BCUT2D eigenvalue weighted by molar-refractivity contribution is -0.136. The van der Waals surface area contributed by atoms with Crippen molar-refractivity contribution in [2.45, 2.75) is 58.5 Å². The highest BCUT2D eigenvalue weighted by Gasteiger charge is 2.49. The zero-order valence-electron chi connectivity index (χ0n) is 33.0. The fraction of sp³-hybridized carbons (Fsp3) is 0.465. The van der Waals surface area contributed by atoms with Crippen LogP contribution in [0.25, 0.3) is 11.0 Å². The molecule has 4 fully saturated rings. The van der Waals surface area contributed by atoms with Crippen molar-refractivity contribution in [1.82, 2.24) is 30.0 Å². The first-order valence-corrected chi connectivity index (χ1v) is 20.8. The number of nitrogens with zero attached hydrogens (tertiary/aromatic N) is 6. The number of aromatic nitrogens is 2. The molecule has 5 aliphatic heterocycles. The van der Waals surface area contributed by atoms with E-state index in [1.165, 1.54) is 0 Å². The standard InChI is InChI=1S/C43H49ClFN9O4/c1-26-17-28(18-27(2)37(26)45)21-53-34-20-29(44)19-33(38(34)49-42(53)52-24-43(25-52)22-46-23-43)51-15-13-50(14-16-51)12-5-3-4-11-47-31-8-6-7-30-36(31)41(58)54(40(30)57)32-9-10-35(55)48-39(32)56/h6-8,17-20,32,46-47H,3-5,9-16,21-25H2,1-2H3,(H,48,55,56). The SMILES string of the molecule is Cc1cc(Cn2c(N3CC4(CNC4)C3)nc3c(N4CCN(CCCCCNc5cccc6c5C(=O)N(C5CCC(=O)NC5=O)C6=O)CC4)cc(Cl)cc32)cc(C)c1F. The highest BCUT2D eigenvalue weighted by atomic mass is 35.5. The smallest absolute Gasteiger partial charge is 0.264 e. The predicted octanol–water partition coefficient (Wildman–Crippen LogP) is 4.71. The van der Waals surface area contributed by atoms with Crippen LogP contribution in [0.1, 0.15) is 69.5 Å². The first kappa shape index (κ1) is 38.5. The Hall–Kier alpha value is -5.05. The summed E-state index contributed by atoms with van der Waals surface area (Å²) in [5, 5.41) is 9.70. The van der Waals surface area contributed by atoms with Gasteiger partial charge in [-0.3, -0.25) is 34.3 Å². The molecule has 1 atom stereocenters. The quantitative estimate of drug-likeness (QED) is 0.137. The Kier molecular flexibility index (Phi) is 10.1. The summed E-state index contributed by atoms with van der Waals surface area (Å²) < 4.78 is 16.9. The number of carbonyl (C=O) groups is 4. The van der Waals surface area contributed by atoms with Crippen molar-refractivity contribution in [1.29, 1.82) is 0 Å². The van der Waals surface area contributed by atoms with Crippen molar-refractivity contribution in [3.8, 4) is 0 Å². The molecule has 0 radical (unpaired) electrons. The number of amides is 4. The van der Waals surface area contributed by atoms with Crippen molar-refractivity contribution in [2.24, 2.45) is 5.41 Å². The van der Waals surface area contributed by atoms with Gasteiger partial charge in [0.25, 0.3) is 11.8 Å². The first-order chi connectivity index (χ1) is 28.0. The topological polar surface area (TPSA) is 135 Å². The van der Waals surface area contributed by atoms with Crippen molar-refractivity contribution in [2.75, 3.05) is 80.6 Å². The summed E-state index contributed by atoms with van der Waals surface area (Å²) in [6.07, 6.45) is 3.12. The number of nitrogens with one attached hydrogen (secondary N) is 3. The molecular weight excluding hydrogens is 761 g/mol. The molecule has 0 aliphatic carbocycles. The summed E-state index contributed by atoms with van der Waals surface area (Å²) >= 11 is 6.86. The molecule has 13 nitrogen and oxygen atoms in total. The lowest BCUT2D eigenvalue weighted by atomic mass is 9.75. The van der Waals surface area contributed by atoms with Crippen LogP contribution in [-0.2, 0) is 16.1 Å². The summed E-state index contributed by atoms with van der Waals surface area (Å²) in [4.78, 5) is 64.3. The van der Waals surface area contributed by atoms with Gasteiger partial charge in [0, 0.05) is 81.4 Å². The van der Waals surface area contributed by atoms with Crippen LogP contribution in [0.5, 0.6) is 0 Å². The van der Waals surface area contributed by atoms with Crippen LogP contribution in [0, 0.1) is 25.1 Å². The van der Waals surface area contributed by atoms with Crippen LogP contribution in [0.4, 0.5) is 21.7 Å². The zero-order chi connectivity index (χ0) is 40.3. The van der Waals surface area contributed by atoms with Gasteiger partial charge < -0.3 is 25.0 Å². The number of fused-ring (bicyclic) bond motifs is 2. The lowest BCUT2D eigenvalue weighted by Crippen LogP contribution is -2.71. The maximum Gasteiger partial charge on any atom is 0.264 e. The van der Waals surface area contributed by atoms with Gasteiger partial charge in [-0.1, -0.05) is 36.2 Å². The molecule has 1 aromatic heterocycles. The second-order valence-corrected chi connectivity index (χ2v) is 17.2. The second-order valence-electron chi connectivity index (χ2n) is 16.8. The van der Waals surface area contributed by atoms with E-state index in [0.29, 0.717) is 40.3 Å². The molecule has 1 unspecified atom stereocenters. The number of piperidine rings is 1. The van der Waals surface area contributed by atoms with Crippen molar-refractivity contribution < 1.29 is 23.6 Å². The number of imide groups is 2. The number of anilines is 3. The van der Waals surface area contributed by atoms with Gasteiger partial charge in [-0.2, -0.15) is 0 Å². The number of piperazine rings is 1. The number of carbonyl (C=O) groups excluding carboxylic acids is 4. The van der Waals surface area contributed by atoms with Crippen molar-refractivity contribution >= 4 is 63.6 Å². The van der Waals surface area contributed by atoms with E-state index in [0.717, 1.165) is 111 Å². The summed E-state index contributed by atoms with van der Waals surface area (Å²) in [7, 11) is 0. The van der Waals surface area contributed by atoms with E-state index in [4.69, 9.17) is 16.6 Å². The Morgan fingerprint density at radius 1 is 0.931 bits per heavy atom. The third-order valence-electron chi connectivity index (χ3n) is 12.6. The molecule has 4 saturated heterocycles. The Balaban J connectivity index is 0.804. The fourth-order valence-corrected chi connectivity index (χ4v) is 9.66. The average molecular weight is 810 g/mol. The number of hydrogen-bond donors (Lipinski definition) is 3. The van der Waals surface area contributed by atoms with E-state index in [2.05, 4.69) is 35.2 Å². The van der Waals surface area contributed by atoms with Crippen LogP contribution >= 0.6 is 11.6 Å². The van der Waals surface area contributed by atoms with E-state index in [-0.39, 0.29) is 29.8 Å². The zero-order valence-corrected chi connectivity index (χ0v) is 33.8. The number of benzene rings is 3. The number of unbranched alkanes of at least 4 members (excludes halogenated alkanes) is 2. The molecule has 6 heterocycles. The van der Waals surface area contributed by atoms with Crippen LogP contribution in [0.15, 0.2) is 42.5 Å². The molecule has 58 heavy (non-hydrogen) atoms.